The van der Waals surface area contributed by atoms with Crippen LogP contribution in [-0.2, 0) is 10.0 Å². The predicted octanol–water partition coefficient (Wildman–Crippen LogP) is 3.52. The number of carbonyl (C=O) groups excluding carboxylic acids is 1. The summed E-state index contributed by atoms with van der Waals surface area (Å²) in [5.41, 5.74) is 2.10. The highest BCUT2D eigenvalue weighted by Gasteiger charge is 2.29. The maximum Gasteiger partial charge on any atom is 0.323 e. The topological polar surface area (TPSA) is 117 Å². The summed E-state index contributed by atoms with van der Waals surface area (Å²) in [6, 6.07) is 16.0. The molecule has 1 fully saturated rings. The molecule has 2 amide bonds. The molecule has 0 atom stereocenters. The fourth-order valence-corrected chi connectivity index (χ4v) is 4.34. The molecular weight excluding hydrogens is 418 g/mol. The molecule has 0 saturated carbocycles. The standard InChI is InChI=1S/C21H23N5O4S/c1-31(28,29)26-13-11-16(12-14-26)20-24-19(25-30-20)15-7-9-18(10-8-15)23-21(27)22-17-5-3-2-4-6-17/h2-10,16H,11-14H2,1H3,(H2,22,23,27). The molecule has 0 unspecified atom stereocenters. The summed E-state index contributed by atoms with van der Waals surface area (Å²) in [4.78, 5) is 16.6. The number of piperidine rings is 1. The molecule has 1 aromatic heterocycles. The molecule has 31 heavy (non-hydrogen) atoms. The van der Waals surface area contributed by atoms with Gasteiger partial charge in [-0.1, -0.05) is 23.4 Å². The molecular formula is C21H23N5O4S. The van der Waals surface area contributed by atoms with Gasteiger partial charge >= 0.3 is 6.03 Å². The summed E-state index contributed by atoms with van der Waals surface area (Å²) < 4.78 is 30.2. The normalized spacial score (nSPS) is 15.5. The molecule has 0 aliphatic carbocycles. The summed E-state index contributed by atoms with van der Waals surface area (Å²) in [5, 5.41) is 9.59. The minimum atomic E-state index is -3.17. The van der Waals surface area contributed by atoms with E-state index >= 15 is 0 Å². The molecule has 162 valence electrons. The number of urea groups is 1. The Bertz CT molecular complexity index is 1140. The van der Waals surface area contributed by atoms with Gasteiger partial charge in [0.05, 0.1) is 6.26 Å². The van der Waals surface area contributed by atoms with E-state index in [0.29, 0.717) is 49.0 Å². The molecule has 1 aliphatic heterocycles. The van der Waals surface area contributed by atoms with Gasteiger partial charge in [0.25, 0.3) is 0 Å². The molecule has 9 nitrogen and oxygen atoms in total. The van der Waals surface area contributed by atoms with Crippen molar-refractivity contribution < 1.29 is 17.7 Å². The second-order valence-corrected chi connectivity index (χ2v) is 9.40. The smallest absolute Gasteiger partial charge is 0.323 e. The number of rotatable bonds is 5. The maximum atomic E-state index is 12.1. The maximum absolute atomic E-state index is 12.1. The van der Waals surface area contributed by atoms with Crippen LogP contribution < -0.4 is 10.6 Å². The summed E-state index contributed by atoms with van der Waals surface area (Å²) >= 11 is 0. The monoisotopic (exact) mass is 441 g/mol. The van der Waals surface area contributed by atoms with Crippen LogP contribution in [0.2, 0.25) is 0 Å². The Labute approximate surface area is 180 Å². The van der Waals surface area contributed by atoms with Crippen LogP contribution in [0.1, 0.15) is 24.7 Å². The summed E-state index contributed by atoms with van der Waals surface area (Å²) in [6.07, 6.45) is 2.52. The number of nitrogens with one attached hydrogen (secondary N) is 2. The van der Waals surface area contributed by atoms with Gasteiger partial charge in [0.2, 0.25) is 21.7 Å². The van der Waals surface area contributed by atoms with Gasteiger partial charge in [-0.2, -0.15) is 4.98 Å². The Morgan fingerprint density at radius 2 is 1.61 bits per heavy atom. The van der Waals surface area contributed by atoms with E-state index in [4.69, 9.17) is 4.52 Å². The van der Waals surface area contributed by atoms with Gasteiger partial charge in [-0.3, -0.25) is 0 Å². The van der Waals surface area contributed by atoms with Crippen molar-refractivity contribution in [1.29, 1.82) is 0 Å². The fourth-order valence-electron chi connectivity index (χ4n) is 3.47. The van der Waals surface area contributed by atoms with Crippen molar-refractivity contribution in [2.75, 3.05) is 30.0 Å². The van der Waals surface area contributed by atoms with E-state index < -0.39 is 10.0 Å². The number of hydrogen-bond acceptors (Lipinski definition) is 6. The highest BCUT2D eigenvalue weighted by molar-refractivity contribution is 7.88. The van der Waals surface area contributed by atoms with Crippen molar-refractivity contribution in [3.05, 3.63) is 60.5 Å². The quantitative estimate of drug-likeness (QED) is 0.626. The van der Waals surface area contributed by atoms with Crippen LogP contribution in [-0.4, -0.2) is 48.2 Å². The van der Waals surface area contributed by atoms with Crippen molar-refractivity contribution in [3.8, 4) is 11.4 Å². The summed E-state index contributed by atoms with van der Waals surface area (Å²) in [6.45, 7) is 0.902. The van der Waals surface area contributed by atoms with Crippen molar-refractivity contribution in [1.82, 2.24) is 14.4 Å². The first-order valence-electron chi connectivity index (χ1n) is 9.91. The first-order chi connectivity index (χ1) is 14.9. The second kappa shape index (κ2) is 8.86. The number of nitrogens with zero attached hydrogens (tertiary/aromatic N) is 3. The van der Waals surface area contributed by atoms with Crippen LogP contribution in [0.5, 0.6) is 0 Å². The molecule has 10 heteroatoms. The number of aromatic nitrogens is 2. The van der Waals surface area contributed by atoms with E-state index in [9.17, 15) is 13.2 Å². The van der Waals surface area contributed by atoms with Gasteiger partial charge < -0.3 is 15.2 Å². The third-order valence-electron chi connectivity index (χ3n) is 5.15. The van der Waals surface area contributed by atoms with E-state index in [1.165, 1.54) is 10.6 Å². The largest absolute Gasteiger partial charge is 0.339 e. The van der Waals surface area contributed by atoms with Gasteiger partial charge in [0.1, 0.15) is 0 Å². The first kappa shape index (κ1) is 21.0. The van der Waals surface area contributed by atoms with Gasteiger partial charge in [0.15, 0.2) is 0 Å². The van der Waals surface area contributed by atoms with Gasteiger partial charge in [-0.15, -0.1) is 0 Å². The number of sulfonamides is 1. The zero-order chi connectivity index (χ0) is 21.8. The first-order valence-corrected chi connectivity index (χ1v) is 11.8. The van der Waals surface area contributed by atoms with E-state index in [0.717, 1.165) is 5.56 Å². The lowest BCUT2D eigenvalue weighted by Crippen LogP contribution is -2.37. The Morgan fingerprint density at radius 3 is 2.23 bits per heavy atom. The van der Waals surface area contributed by atoms with Crippen LogP contribution in [0, 0.1) is 0 Å². The van der Waals surface area contributed by atoms with E-state index in [2.05, 4.69) is 20.8 Å². The zero-order valence-electron chi connectivity index (χ0n) is 17.0. The molecule has 1 aliphatic rings. The minimum Gasteiger partial charge on any atom is -0.339 e. The molecule has 4 rings (SSSR count). The number of hydrogen-bond donors (Lipinski definition) is 2. The molecule has 2 aromatic carbocycles. The lowest BCUT2D eigenvalue weighted by molar-refractivity contribution is 0.262. The molecule has 0 spiro atoms. The minimum absolute atomic E-state index is 0.0434. The van der Waals surface area contributed by atoms with Gasteiger partial charge in [0, 0.05) is 35.9 Å². The zero-order valence-corrected chi connectivity index (χ0v) is 17.8. The lowest BCUT2D eigenvalue weighted by atomic mass is 9.98. The number of carbonyl (C=O) groups is 1. The molecule has 3 aromatic rings. The van der Waals surface area contributed by atoms with Crippen molar-refractivity contribution in [3.63, 3.8) is 0 Å². The van der Waals surface area contributed by atoms with Crippen LogP contribution in [0.15, 0.2) is 59.1 Å². The Hall–Kier alpha value is -3.24. The van der Waals surface area contributed by atoms with E-state index in [1.807, 2.05) is 30.3 Å². The summed E-state index contributed by atoms with van der Waals surface area (Å²) in [7, 11) is -3.17. The molecule has 0 bridgehead atoms. The van der Waals surface area contributed by atoms with Crippen LogP contribution in [0.4, 0.5) is 16.2 Å². The molecule has 2 N–H and O–H groups in total. The fraction of sp³-hybridized carbons (Fsp3) is 0.286. The van der Waals surface area contributed by atoms with Crippen LogP contribution >= 0.6 is 0 Å². The van der Waals surface area contributed by atoms with Crippen LogP contribution in [0.25, 0.3) is 11.4 Å². The molecule has 0 radical (unpaired) electrons. The average molecular weight is 442 g/mol. The molecule has 1 saturated heterocycles. The number of para-hydroxylation sites is 1. The lowest BCUT2D eigenvalue weighted by Gasteiger charge is -2.28. The number of benzene rings is 2. The third kappa shape index (κ3) is 5.28. The SMILES string of the molecule is CS(=O)(=O)N1CCC(c2nc(-c3ccc(NC(=O)Nc4ccccc4)cc3)no2)CC1. The Morgan fingerprint density at radius 1 is 1.00 bits per heavy atom. The number of amides is 2. The second-order valence-electron chi connectivity index (χ2n) is 7.42. The average Bonchev–Trinajstić information content (AvgIpc) is 3.25. The predicted molar refractivity (Wildman–Crippen MR) is 117 cm³/mol. The van der Waals surface area contributed by atoms with Crippen molar-refractivity contribution >= 4 is 27.4 Å². The van der Waals surface area contributed by atoms with Crippen molar-refractivity contribution in [2.45, 2.75) is 18.8 Å². The van der Waals surface area contributed by atoms with Gasteiger partial charge in [-0.05, 0) is 49.2 Å². The highest BCUT2D eigenvalue weighted by Crippen LogP contribution is 2.29. The Balaban J connectivity index is 1.36. The van der Waals surface area contributed by atoms with Crippen LogP contribution in [0.3, 0.4) is 0 Å². The Kier molecular flexibility index (Phi) is 6.01. The van der Waals surface area contributed by atoms with Crippen molar-refractivity contribution in [2.24, 2.45) is 0 Å². The van der Waals surface area contributed by atoms with E-state index in [-0.39, 0.29) is 11.9 Å². The van der Waals surface area contributed by atoms with E-state index in [1.54, 1.807) is 24.3 Å². The highest BCUT2D eigenvalue weighted by atomic mass is 32.2. The molecule has 2 heterocycles. The third-order valence-corrected chi connectivity index (χ3v) is 6.45. The van der Waals surface area contributed by atoms with Gasteiger partial charge in [-0.25, -0.2) is 17.5 Å². The number of anilines is 2. The summed E-state index contributed by atoms with van der Waals surface area (Å²) in [5.74, 6) is 1.02.